The third-order valence-corrected chi connectivity index (χ3v) is 6.97. The molecule has 2 fully saturated rings. The van der Waals surface area contributed by atoms with E-state index in [0.29, 0.717) is 29.2 Å². The number of halogens is 1. The zero-order valence-corrected chi connectivity index (χ0v) is 17.2. The lowest BCUT2D eigenvalue weighted by Crippen LogP contribution is -2.40. The Hall–Kier alpha value is -1.63. The van der Waals surface area contributed by atoms with E-state index in [9.17, 15) is 13.2 Å². The summed E-state index contributed by atoms with van der Waals surface area (Å²) in [6.45, 7) is 0. The average Bonchev–Trinajstić information content (AvgIpc) is 3.19. The van der Waals surface area contributed by atoms with Crippen LogP contribution >= 0.6 is 11.6 Å². The van der Waals surface area contributed by atoms with E-state index in [1.54, 1.807) is 30.3 Å². The van der Waals surface area contributed by atoms with Crippen LogP contribution in [-0.4, -0.2) is 25.5 Å². The van der Waals surface area contributed by atoms with E-state index >= 15 is 0 Å². The second-order valence-electron chi connectivity index (χ2n) is 7.74. The Labute approximate surface area is 171 Å². The number of carboxylic acid groups (broad SMARTS) is 1. The minimum Gasteiger partial charge on any atom is -0.481 e. The zero-order chi connectivity index (χ0) is 20.1. The number of carbonyl (C=O) groups is 1. The summed E-state index contributed by atoms with van der Waals surface area (Å²) in [5, 5.41) is 10.5. The van der Waals surface area contributed by atoms with Crippen LogP contribution in [0.5, 0.6) is 0 Å². The molecule has 2 N–H and O–H groups in total. The summed E-state index contributed by atoms with van der Waals surface area (Å²) in [7, 11) is -3.52. The van der Waals surface area contributed by atoms with Crippen molar-refractivity contribution < 1.29 is 18.3 Å². The molecule has 0 radical (unpaired) electrons. The van der Waals surface area contributed by atoms with Gasteiger partial charge in [-0.15, -0.1) is 0 Å². The van der Waals surface area contributed by atoms with Crippen molar-refractivity contribution in [1.29, 1.82) is 0 Å². The molecule has 2 bridgehead atoms. The van der Waals surface area contributed by atoms with Crippen molar-refractivity contribution in [2.24, 2.45) is 17.8 Å². The molecule has 1 aromatic carbocycles. The van der Waals surface area contributed by atoms with E-state index in [1.165, 1.54) is 5.41 Å². The Morgan fingerprint density at radius 2 is 2.11 bits per heavy atom. The average molecular weight is 424 g/mol. The van der Waals surface area contributed by atoms with Gasteiger partial charge in [0.15, 0.2) is 0 Å². The number of unbranched alkanes of at least 4 members (excludes halogenated alkanes) is 1. The molecule has 2 saturated carbocycles. The summed E-state index contributed by atoms with van der Waals surface area (Å²) >= 11 is 5.93. The number of aliphatic carboxylic acids is 1. The molecule has 2 aliphatic carbocycles. The number of carboxylic acids is 1. The highest BCUT2D eigenvalue weighted by molar-refractivity contribution is 7.92. The van der Waals surface area contributed by atoms with E-state index in [-0.39, 0.29) is 12.5 Å². The van der Waals surface area contributed by atoms with Crippen molar-refractivity contribution in [2.75, 3.05) is 0 Å². The minimum absolute atomic E-state index is 0.0403. The van der Waals surface area contributed by atoms with Crippen LogP contribution < -0.4 is 4.72 Å². The first-order valence-electron chi connectivity index (χ1n) is 9.67. The Morgan fingerprint density at radius 3 is 2.82 bits per heavy atom. The first-order valence-corrected chi connectivity index (χ1v) is 11.6. The lowest BCUT2D eigenvalue weighted by molar-refractivity contribution is -0.137. The first kappa shape index (κ1) is 21.1. The van der Waals surface area contributed by atoms with Gasteiger partial charge in [-0.25, -0.2) is 13.1 Å². The van der Waals surface area contributed by atoms with Gasteiger partial charge in [0.05, 0.1) is 0 Å². The van der Waals surface area contributed by atoms with Gasteiger partial charge < -0.3 is 5.11 Å². The lowest BCUT2D eigenvalue weighted by atomic mass is 9.85. The summed E-state index contributed by atoms with van der Waals surface area (Å²) in [5.74, 6) is 0.472. The highest BCUT2D eigenvalue weighted by atomic mass is 35.5. The third-order valence-electron chi connectivity index (χ3n) is 5.61. The van der Waals surface area contributed by atoms with Gasteiger partial charge >= 0.3 is 5.97 Å². The van der Waals surface area contributed by atoms with Crippen LogP contribution in [0.3, 0.4) is 0 Å². The highest BCUT2D eigenvalue weighted by Gasteiger charge is 2.46. The Balaban J connectivity index is 1.55. The van der Waals surface area contributed by atoms with Gasteiger partial charge in [0.2, 0.25) is 10.0 Å². The summed E-state index contributed by atoms with van der Waals surface area (Å²) < 4.78 is 27.8. The monoisotopic (exact) mass is 423 g/mol. The summed E-state index contributed by atoms with van der Waals surface area (Å²) in [4.78, 5) is 10.6. The van der Waals surface area contributed by atoms with Gasteiger partial charge in [-0.3, -0.25) is 4.79 Å². The predicted octanol–water partition coefficient (Wildman–Crippen LogP) is 4.46. The van der Waals surface area contributed by atoms with Crippen LogP contribution in [0.4, 0.5) is 0 Å². The fourth-order valence-corrected chi connectivity index (χ4v) is 5.74. The van der Waals surface area contributed by atoms with Crippen LogP contribution in [0.25, 0.3) is 6.08 Å². The van der Waals surface area contributed by atoms with Crippen molar-refractivity contribution >= 4 is 33.7 Å². The molecule has 28 heavy (non-hydrogen) atoms. The second-order valence-corrected chi connectivity index (χ2v) is 9.78. The van der Waals surface area contributed by atoms with E-state index in [4.69, 9.17) is 16.7 Å². The molecule has 4 unspecified atom stereocenters. The normalized spacial score (nSPS) is 27.2. The number of benzene rings is 1. The van der Waals surface area contributed by atoms with Gasteiger partial charge in [-0.05, 0) is 73.6 Å². The topological polar surface area (TPSA) is 83.5 Å². The van der Waals surface area contributed by atoms with Crippen molar-refractivity contribution in [2.45, 2.75) is 44.6 Å². The van der Waals surface area contributed by atoms with Gasteiger partial charge in [0, 0.05) is 22.9 Å². The van der Waals surface area contributed by atoms with Crippen LogP contribution in [0.15, 0.2) is 41.8 Å². The quantitative estimate of drug-likeness (QED) is 0.453. The predicted molar refractivity (Wildman–Crippen MR) is 111 cm³/mol. The maximum atomic E-state index is 12.5. The molecule has 7 heteroatoms. The van der Waals surface area contributed by atoms with Crippen LogP contribution in [0, 0.1) is 17.8 Å². The third kappa shape index (κ3) is 5.93. The first-order chi connectivity index (χ1) is 13.3. The number of fused-ring (bicyclic) bond motifs is 2. The van der Waals surface area contributed by atoms with E-state index in [0.717, 1.165) is 31.2 Å². The van der Waals surface area contributed by atoms with Gasteiger partial charge in [0.1, 0.15) is 0 Å². The number of sulfonamides is 1. The minimum atomic E-state index is -3.52. The second kappa shape index (κ2) is 9.25. The van der Waals surface area contributed by atoms with Gasteiger partial charge in [0.25, 0.3) is 0 Å². The van der Waals surface area contributed by atoms with Crippen molar-refractivity contribution in [3.05, 3.63) is 52.4 Å². The molecule has 3 rings (SSSR count). The number of nitrogens with one attached hydrogen (secondary N) is 1. The number of rotatable bonds is 9. The zero-order valence-electron chi connectivity index (χ0n) is 15.6. The summed E-state index contributed by atoms with van der Waals surface area (Å²) in [6.07, 6.45) is 10.4. The van der Waals surface area contributed by atoms with Crippen molar-refractivity contribution in [3.8, 4) is 0 Å². The summed E-state index contributed by atoms with van der Waals surface area (Å²) in [5.41, 5.74) is 0.744. The molecule has 4 atom stereocenters. The van der Waals surface area contributed by atoms with E-state index < -0.39 is 16.0 Å². The number of hydrogen-bond acceptors (Lipinski definition) is 3. The maximum Gasteiger partial charge on any atom is 0.303 e. The maximum absolute atomic E-state index is 12.5. The molecule has 5 nitrogen and oxygen atoms in total. The van der Waals surface area contributed by atoms with E-state index in [1.807, 2.05) is 0 Å². The van der Waals surface area contributed by atoms with E-state index in [2.05, 4.69) is 16.9 Å². The van der Waals surface area contributed by atoms with Crippen LogP contribution in [0.2, 0.25) is 5.02 Å². The molecule has 0 aliphatic heterocycles. The summed E-state index contributed by atoms with van der Waals surface area (Å²) in [6, 6.07) is 7.01. The molecule has 0 saturated heterocycles. The Kier molecular flexibility index (Phi) is 6.96. The molecule has 152 valence electrons. The molecular formula is C21H26ClNO4S. The largest absolute Gasteiger partial charge is 0.481 e. The van der Waals surface area contributed by atoms with Crippen molar-refractivity contribution in [1.82, 2.24) is 4.72 Å². The molecule has 1 aromatic rings. The smallest absolute Gasteiger partial charge is 0.303 e. The van der Waals surface area contributed by atoms with Gasteiger partial charge in [-0.2, -0.15) is 0 Å². The molecular weight excluding hydrogens is 398 g/mol. The number of hydrogen-bond donors (Lipinski definition) is 2. The molecule has 0 heterocycles. The van der Waals surface area contributed by atoms with Crippen LogP contribution in [-0.2, 0) is 14.8 Å². The molecule has 0 aromatic heterocycles. The Morgan fingerprint density at radius 1 is 1.29 bits per heavy atom. The standard InChI is InChI=1S/C21H26ClNO4S/c22-18-7-4-5-15(12-18)9-10-28(26,27)23-20-14-16-11-17(19(20)13-16)6-2-1-3-8-21(24)25/h2,4-7,9-10,12,16-17,19-20,23H,1,3,8,11,13-14H2,(H,24,25). The fraction of sp³-hybridized carbons (Fsp3) is 0.476. The highest BCUT2D eigenvalue weighted by Crippen LogP contribution is 2.49. The van der Waals surface area contributed by atoms with Gasteiger partial charge in [-0.1, -0.05) is 35.9 Å². The SMILES string of the molecule is O=C(O)CCCC=CC1CC2CC(NS(=O)(=O)C=Cc3cccc(Cl)c3)C1C2. The molecule has 0 spiro atoms. The lowest BCUT2D eigenvalue weighted by Gasteiger charge is -2.27. The van der Waals surface area contributed by atoms with Crippen LogP contribution in [0.1, 0.15) is 44.1 Å². The fourth-order valence-electron chi connectivity index (χ4n) is 4.43. The molecule has 0 amide bonds. The molecule has 2 aliphatic rings. The Bertz CT molecular complexity index is 865. The van der Waals surface area contributed by atoms with Crippen molar-refractivity contribution in [3.63, 3.8) is 0 Å². The number of allylic oxidation sites excluding steroid dienone is 2.